The quantitative estimate of drug-likeness (QED) is 0.391. The van der Waals surface area contributed by atoms with Gasteiger partial charge in [0.1, 0.15) is 18.4 Å². The van der Waals surface area contributed by atoms with Crippen LogP contribution in [-0.4, -0.2) is 66.6 Å². The molecule has 0 spiro atoms. The maximum absolute atomic E-state index is 10.1. The van der Waals surface area contributed by atoms with Crippen molar-refractivity contribution < 1.29 is 14.6 Å². The second-order valence-corrected chi connectivity index (χ2v) is 10.1. The van der Waals surface area contributed by atoms with Crippen LogP contribution in [0.2, 0.25) is 0 Å². The Hall–Kier alpha value is -3.94. The first-order valence-corrected chi connectivity index (χ1v) is 12.3. The van der Waals surface area contributed by atoms with E-state index in [2.05, 4.69) is 31.7 Å². The van der Waals surface area contributed by atoms with E-state index < -0.39 is 5.60 Å². The summed E-state index contributed by atoms with van der Waals surface area (Å²) in [4.78, 5) is 11.5. The molecule has 0 bridgehead atoms. The number of imidazole rings is 1. The van der Waals surface area contributed by atoms with Gasteiger partial charge in [-0.25, -0.2) is 14.5 Å². The summed E-state index contributed by atoms with van der Waals surface area (Å²) in [6, 6.07) is 8.32. The summed E-state index contributed by atoms with van der Waals surface area (Å²) in [6.45, 7) is 6.27. The molecule has 5 heterocycles. The fourth-order valence-electron chi connectivity index (χ4n) is 4.69. The summed E-state index contributed by atoms with van der Waals surface area (Å²) in [5.41, 5.74) is 2.83. The predicted molar refractivity (Wildman–Crippen MR) is 137 cm³/mol. The van der Waals surface area contributed by atoms with Crippen molar-refractivity contribution >= 4 is 5.52 Å². The molecular weight excluding hydrogens is 470 g/mol. The molecule has 0 radical (unpaired) electrons. The Kier molecular flexibility index (Phi) is 6.82. The van der Waals surface area contributed by atoms with Crippen LogP contribution in [0, 0.1) is 11.3 Å². The van der Waals surface area contributed by atoms with Gasteiger partial charge in [0.2, 0.25) is 5.88 Å². The number of fused-ring (bicyclic) bond motifs is 1. The number of hydrogen-bond acceptors (Lipinski definition) is 8. The largest absolute Gasteiger partial charge is 0.489 e. The van der Waals surface area contributed by atoms with Gasteiger partial charge in [-0.15, -0.1) is 0 Å². The van der Waals surface area contributed by atoms with Crippen LogP contribution in [0.1, 0.15) is 43.9 Å². The number of ether oxygens (including phenoxy) is 2. The van der Waals surface area contributed by atoms with Crippen LogP contribution in [0.5, 0.6) is 11.6 Å². The van der Waals surface area contributed by atoms with Crippen LogP contribution in [0.3, 0.4) is 0 Å². The molecule has 1 saturated heterocycles. The molecule has 4 aromatic heterocycles. The number of nitrogens with zero attached hydrogens (tertiary/aromatic N) is 7. The number of pyridine rings is 2. The van der Waals surface area contributed by atoms with E-state index >= 15 is 0 Å². The topological polar surface area (TPSA) is 114 Å². The molecule has 1 N–H and O–H groups in total. The molecule has 5 rings (SSSR count). The van der Waals surface area contributed by atoms with Gasteiger partial charge in [0.15, 0.2) is 0 Å². The van der Waals surface area contributed by atoms with Gasteiger partial charge in [-0.1, -0.05) is 6.07 Å². The van der Waals surface area contributed by atoms with Gasteiger partial charge in [0.25, 0.3) is 0 Å². The third kappa shape index (κ3) is 5.58. The van der Waals surface area contributed by atoms with Crippen molar-refractivity contribution in [2.45, 2.75) is 44.9 Å². The number of likely N-dealkylation sites (tertiary alicyclic amines) is 1. The summed E-state index contributed by atoms with van der Waals surface area (Å²) in [5.74, 6) is 1.16. The highest BCUT2D eigenvalue weighted by Gasteiger charge is 2.23. The van der Waals surface area contributed by atoms with Crippen LogP contribution in [0.15, 0.2) is 49.3 Å². The first-order chi connectivity index (χ1) is 17.8. The van der Waals surface area contributed by atoms with E-state index in [9.17, 15) is 10.4 Å². The number of piperidine rings is 1. The van der Waals surface area contributed by atoms with Gasteiger partial charge in [-0.3, -0.25) is 4.90 Å². The van der Waals surface area contributed by atoms with E-state index in [-0.39, 0.29) is 12.6 Å². The van der Waals surface area contributed by atoms with Crippen LogP contribution in [-0.2, 0) is 6.54 Å². The third-order valence-electron chi connectivity index (χ3n) is 6.49. The molecule has 1 aliphatic rings. The summed E-state index contributed by atoms with van der Waals surface area (Å²) in [6.07, 6.45) is 11.2. The Balaban J connectivity index is 1.38. The number of methoxy groups -OCH3 is 1. The van der Waals surface area contributed by atoms with E-state index in [1.165, 1.54) is 0 Å². The maximum atomic E-state index is 10.1. The molecule has 10 heteroatoms. The van der Waals surface area contributed by atoms with Crippen molar-refractivity contribution in [3.63, 3.8) is 0 Å². The zero-order valence-electron chi connectivity index (χ0n) is 21.3. The molecule has 192 valence electrons. The lowest BCUT2D eigenvalue weighted by Gasteiger charge is -2.33. The zero-order chi connectivity index (χ0) is 26.0. The average molecular weight is 502 g/mol. The molecule has 10 nitrogen and oxygen atoms in total. The Labute approximate surface area is 215 Å². The molecule has 0 aliphatic carbocycles. The van der Waals surface area contributed by atoms with Crippen molar-refractivity contribution in [1.29, 1.82) is 5.26 Å². The number of aromatic nitrogens is 5. The maximum Gasteiger partial charge on any atom is 0.212 e. The number of hydrogen-bond donors (Lipinski definition) is 1. The first-order valence-electron chi connectivity index (χ1n) is 12.3. The second-order valence-electron chi connectivity index (χ2n) is 10.1. The minimum atomic E-state index is -0.979. The highest BCUT2D eigenvalue weighted by molar-refractivity contribution is 5.83. The Morgan fingerprint density at radius 1 is 1.22 bits per heavy atom. The van der Waals surface area contributed by atoms with Crippen LogP contribution in [0.4, 0.5) is 0 Å². The van der Waals surface area contributed by atoms with E-state index in [0.29, 0.717) is 22.7 Å². The molecule has 0 unspecified atom stereocenters. The summed E-state index contributed by atoms with van der Waals surface area (Å²) in [7, 11) is 1.62. The molecule has 0 amide bonds. The lowest BCUT2D eigenvalue weighted by atomic mass is 10.0. The third-order valence-corrected chi connectivity index (χ3v) is 6.49. The van der Waals surface area contributed by atoms with E-state index in [0.717, 1.165) is 49.3 Å². The van der Waals surface area contributed by atoms with E-state index in [1.54, 1.807) is 37.9 Å². The van der Waals surface area contributed by atoms with Crippen molar-refractivity contribution in [1.82, 2.24) is 29.0 Å². The number of aliphatic hydroxyl groups is 1. The van der Waals surface area contributed by atoms with E-state index in [1.807, 2.05) is 30.9 Å². The van der Waals surface area contributed by atoms with Crippen molar-refractivity contribution in [2.75, 3.05) is 26.8 Å². The summed E-state index contributed by atoms with van der Waals surface area (Å²) >= 11 is 0. The Morgan fingerprint density at radius 3 is 2.81 bits per heavy atom. The first kappa shape index (κ1) is 24.7. The molecular formula is C27H31N7O3. The SMILES string of the molecule is COc1ccc(CN2CCC[C@@H](n3cnc(-c4cc(OCC(C)(C)O)cn5ncc(C#N)c45)c3)C2)cn1. The summed E-state index contributed by atoms with van der Waals surface area (Å²) < 4.78 is 14.8. The monoisotopic (exact) mass is 501 g/mol. The van der Waals surface area contributed by atoms with Crippen LogP contribution >= 0.6 is 0 Å². The van der Waals surface area contributed by atoms with Gasteiger partial charge >= 0.3 is 0 Å². The van der Waals surface area contributed by atoms with Gasteiger partial charge < -0.3 is 19.1 Å². The second kappa shape index (κ2) is 10.2. The molecule has 4 aromatic rings. The number of nitriles is 1. The molecule has 1 atom stereocenters. The van der Waals surface area contributed by atoms with Crippen molar-refractivity contribution in [2.24, 2.45) is 0 Å². The fraction of sp³-hybridized carbons (Fsp3) is 0.407. The molecule has 37 heavy (non-hydrogen) atoms. The minimum Gasteiger partial charge on any atom is -0.489 e. The predicted octanol–water partition coefficient (Wildman–Crippen LogP) is 3.46. The van der Waals surface area contributed by atoms with E-state index in [4.69, 9.17) is 14.5 Å². The fourth-order valence-corrected chi connectivity index (χ4v) is 4.69. The minimum absolute atomic E-state index is 0.125. The highest BCUT2D eigenvalue weighted by atomic mass is 16.5. The standard InChI is InChI=1S/C27H31N7O3/c1-27(2,35)17-37-22-9-23(26-20(10-28)12-31-34(26)15-22)24-16-33(18-30-24)21-5-4-8-32(14-21)13-19-6-7-25(36-3)29-11-19/h6-7,9,11-12,15-16,18,21,35H,4-5,8,13-14,17H2,1-3H3/t21-/m1/s1. The number of rotatable bonds is 8. The molecule has 1 aliphatic heterocycles. The lowest BCUT2D eigenvalue weighted by molar-refractivity contribution is 0.0283. The van der Waals surface area contributed by atoms with Gasteiger partial charge in [0, 0.05) is 43.2 Å². The molecule has 1 fully saturated rings. The Morgan fingerprint density at radius 2 is 2.08 bits per heavy atom. The van der Waals surface area contributed by atoms with Crippen molar-refractivity contribution in [3.8, 4) is 29.0 Å². The van der Waals surface area contributed by atoms with Crippen LogP contribution in [0.25, 0.3) is 16.8 Å². The zero-order valence-corrected chi connectivity index (χ0v) is 21.3. The van der Waals surface area contributed by atoms with Crippen LogP contribution < -0.4 is 9.47 Å². The smallest absolute Gasteiger partial charge is 0.212 e. The lowest BCUT2D eigenvalue weighted by Crippen LogP contribution is -2.35. The molecule has 0 saturated carbocycles. The van der Waals surface area contributed by atoms with Gasteiger partial charge in [-0.2, -0.15) is 10.4 Å². The van der Waals surface area contributed by atoms with Gasteiger partial charge in [0.05, 0.1) is 48.2 Å². The normalized spacial score (nSPS) is 16.6. The molecule has 0 aromatic carbocycles. The van der Waals surface area contributed by atoms with Gasteiger partial charge in [-0.05, 0) is 44.9 Å². The van der Waals surface area contributed by atoms with Crippen molar-refractivity contribution in [3.05, 3.63) is 60.4 Å². The average Bonchev–Trinajstić information content (AvgIpc) is 3.55. The highest BCUT2D eigenvalue weighted by Crippen LogP contribution is 2.32. The summed E-state index contributed by atoms with van der Waals surface area (Å²) in [5, 5.41) is 24.1. The Bertz CT molecular complexity index is 1410.